The second-order valence-electron chi connectivity index (χ2n) is 3.91. The van der Waals surface area contributed by atoms with E-state index >= 15 is 0 Å². The van der Waals surface area contributed by atoms with Gasteiger partial charge in [0.2, 0.25) is 0 Å². The van der Waals surface area contributed by atoms with Crippen LogP contribution in [0.4, 0.5) is 0 Å². The normalized spacial score (nSPS) is 12.7. The first-order valence-electron chi connectivity index (χ1n) is 5.21. The molecule has 4 heteroatoms. The van der Waals surface area contributed by atoms with Crippen LogP contribution in [0.3, 0.4) is 0 Å². The van der Waals surface area contributed by atoms with Crippen molar-refractivity contribution in [3.63, 3.8) is 0 Å². The second-order valence-corrected chi connectivity index (χ2v) is 4.73. The van der Waals surface area contributed by atoms with Gasteiger partial charge in [0.25, 0.3) is 0 Å². The zero-order chi connectivity index (χ0) is 11.5. The van der Waals surface area contributed by atoms with E-state index in [-0.39, 0.29) is 6.04 Å². The Morgan fingerprint density at radius 1 is 1.31 bits per heavy atom. The molecule has 1 unspecified atom stereocenters. The smallest absolute Gasteiger partial charge is 0.109 e. The highest BCUT2D eigenvalue weighted by atomic mass is 79.9. The van der Waals surface area contributed by atoms with Crippen LogP contribution in [0.25, 0.3) is 5.69 Å². The van der Waals surface area contributed by atoms with Crippen molar-refractivity contribution in [2.24, 2.45) is 5.73 Å². The van der Waals surface area contributed by atoms with E-state index in [4.69, 9.17) is 5.73 Å². The van der Waals surface area contributed by atoms with Crippen molar-refractivity contribution in [3.8, 4) is 5.69 Å². The largest absolute Gasteiger partial charge is 0.328 e. The molecule has 1 heterocycles. The molecule has 0 saturated carbocycles. The summed E-state index contributed by atoms with van der Waals surface area (Å²) in [4.78, 5) is 0. The van der Waals surface area contributed by atoms with Gasteiger partial charge in [0, 0.05) is 6.04 Å². The number of aromatic nitrogens is 2. The molecule has 0 amide bonds. The topological polar surface area (TPSA) is 43.8 Å². The van der Waals surface area contributed by atoms with Crippen LogP contribution in [0.1, 0.15) is 12.5 Å². The quantitative estimate of drug-likeness (QED) is 0.938. The molecule has 0 radical (unpaired) electrons. The third-order valence-corrected chi connectivity index (χ3v) is 2.94. The summed E-state index contributed by atoms with van der Waals surface area (Å²) in [6, 6.07) is 10.4. The molecular weight excluding hydrogens is 266 g/mol. The molecule has 0 fully saturated rings. The summed E-state index contributed by atoms with van der Waals surface area (Å²) in [5.41, 5.74) is 8.05. The summed E-state index contributed by atoms with van der Waals surface area (Å²) in [7, 11) is 0. The van der Waals surface area contributed by atoms with Crippen molar-refractivity contribution < 1.29 is 0 Å². The number of nitrogens with zero attached hydrogens (tertiary/aromatic N) is 2. The van der Waals surface area contributed by atoms with E-state index in [9.17, 15) is 0 Å². The Kier molecular flexibility index (Phi) is 3.41. The third kappa shape index (κ3) is 2.51. The summed E-state index contributed by atoms with van der Waals surface area (Å²) in [5, 5.41) is 4.22. The lowest BCUT2D eigenvalue weighted by atomic mass is 10.1. The van der Waals surface area contributed by atoms with E-state index in [1.807, 2.05) is 17.7 Å². The average molecular weight is 280 g/mol. The average Bonchev–Trinajstić information content (AvgIpc) is 2.65. The third-order valence-electron chi connectivity index (χ3n) is 2.34. The van der Waals surface area contributed by atoms with Crippen LogP contribution in [0.5, 0.6) is 0 Å². The van der Waals surface area contributed by atoms with Crippen molar-refractivity contribution in [2.45, 2.75) is 19.4 Å². The summed E-state index contributed by atoms with van der Waals surface area (Å²) in [5.74, 6) is 0. The Hall–Kier alpha value is -1.13. The van der Waals surface area contributed by atoms with Crippen molar-refractivity contribution in [3.05, 3.63) is 46.7 Å². The van der Waals surface area contributed by atoms with Gasteiger partial charge in [-0.2, -0.15) is 5.10 Å². The first kappa shape index (κ1) is 11.4. The van der Waals surface area contributed by atoms with Crippen molar-refractivity contribution >= 4 is 15.9 Å². The van der Waals surface area contributed by atoms with Gasteiger partial charge >= 0.3 is 0 Å². The maximum Gasteiger partial charge on any atom is 0.109 e. The first-order valence-corrected chi connectivity index (χ1v) is 6.00. The molecule has 1 atom stereocenters. The molecule has 3 nitrogen and oxygen atoms in total. The lowest BCUT2D eigenvalue weighted by Gasteiger charge is -2.07. The lowest BCUT2D eigenvalue weighted by molar-refractivity contribution is 0.737. The molecule has 2 aromatic rings. The van der Waals surface area contributed by atoms with Gasteiger partial charge in [-0.15, -0.1) is 0 Å². The maximum atomic E-state index is 5.76. The number of halogens is 1. The van der Waals surface area contributed by atoms with Gasteiger partial charge in [-0.25, -0.2) is 4.68 Å². The van der Waals surface area contributed by atoms with Crippen LogP contribution in [-0.2, 0) is 6.42 Å². The summed E-state index contributed by atoms with van der Waals surface area (Å²) < 4.78 is 2.79. The standard InChI is InChI=1S/C12H14BrN3/c1-9(14)8-10-2-4-11(5-3-10)16-12(13)6-7-15-16/h2-7,9H,8,14H2,1H3. The zero-order valence-corrected chi connectivity index (χ0v) is 10.7. The summed E-state index contributed by atoms with van der Waals surface area (Å²) in [6.07, 6.45) is 2.67. The van der Waals surface area contributed by atoms with Gasteiger partial charge in [0.1, 0.15) is 4.60 Å². The van der Waals surface area contributed by atoms with Crippen LogP contribution in [-0.4, -0.2) is 15.8 Å². The molecular formula is C12H14BrN3. The fraction of sp³-hybridized carbons (Fsp3) is 0.250. The van der Waals surface area contributed by atoms with Crippen LogP contribution < -0.4 is 5.73 Å². The van der Waals surface area contributed by atoms with Gasteiger partial charge in [0.05, 0.1) is 11.9 Å². The Morgan fingerprint density at radius 3 is 2.50 bits per heavy atom. The molecule has 0 spiro atoms. The van der Waals surface area contributed by atoms with Crippen LogP contribution in [0.15, 0.2) is 41.1 Å². The number of hydrogen-bond donors (Lipinski definition) is 1. The van der Waals surface area contributed by atoms with Gasteiger partial charge in [0.15, 0.2) is 0 Å². The van der Waals surface area contributed by atoms with Crippen LogP contribution in [0, 0.1) is 0 Å². The molecule has 0 saturated heterocycles. The van der Waals surface area contributed by atoms with E-state index in [0.717, 1.165) is 16.7 Å². The van der Waals surface area contributed by atoms with E-state index in [2.05, 4.69) is 45.3 Å². The molecule has 0 aliphatic heterocycles. The molecule has 2 N–H and O–H groups in total. The maximum absolute atomic E-state index is 5.76. The van der Waals surface area contributed by atoms with Gasteiger partial charge in [-0.3, -0.25) is 0 Å². The molecule has 0 aliphatic rings. The van der Waals surface area contributed by atoms with Crippen molar-refractivity contribution in [2.75, 3.05) is 0 Å². The van der Waals surface area contributed by atoms with Gasteiger partial charge < -0.3 is 5.73 Å². The molecule has 0 aliphatic carbocycles. The minimum Gasteiger partial charge on any atom is -0.328 e. The first-order chi connectivity index (χ1) is 7.66. The van der Waals surface area contributed by atoms with Gasteiger partial charge in [-0.1, -0.05) is 12.1 Å². The highest BCUT2D eigenvalue weighted by Gasteiger charge is 2.02. The number of benzene rings is 1. The number of hydrogen-bond acceptors (Lipinski definition) is 2. The van der Waals surface area contributed by atoms with E-state index in [1.165, 1.54) is 5.56 Å². The van der Waals surface area contributed by atoms with Crippen molar-refractivity contribution in [1.29, 1.82) is 0 Å². The van der Waals surface area contributed by atoms with E-state index in [1.54, 1.807) is 6.20 Å². The van der Waals surface area contributed by atoms with Crippen LogP contribution >= 0.6 is 15.9 Å². The van der Waals surface area contributed by atoms with E-state index in [0.29, 0.717) is 0 Å². The van der Waals surface area contributed by atoms with Crippen molar-refractivity contribution in [1.82, 2.24) is 9.78 Å². The van der Waals surface area contributed by atoms with Crippen LogP contribution in [0.2, 0.25) is 0 Å². The predicted molar refractivity (Wildman–Crippen MR) is 68.6 cm³/mol. The second kappa shape index (κ2) is 4.80. The fourth-order valence-corrected chi connectivity index (χ4v) is 2.04. The van der Waals surface area contributed by atoms with E-state index < -0.39 is 0 Å². The Labute approximate surface area is 103 Å². The highest BCUT2D eigenvalue weighted by Crippen LogP contribution is 2.16. The Morgan fingerprint density at radius 2 is 2.00 bits per heavy atom. The van der Waals surface area contributed by atoms with Gasteiger partial charge in [-0.05, 0) is 53.0 Å². The summed E-state index contributed by atoms with van der Waals surface area (Å²) >= 11 is 3.44. The number of nitrogens with two attached hydrogens (primary N) is 1. The monoisotopic (exact) mass is 279 g/mol. The SMILES string of the molecule is CC(N)Cc1ccc(-n2nccc2Br)cc1. The minimum atomic E-state index is 0.197. The molecule has 16 heavy (non-hydrogen) atoms. The Balaban J connectivity index is 2.23. The Bertz CT molecular complexity index is 459. The fourth-order valence-electron chi connectivity index (χ4n) is 1.62. The molecule has 1 aromatic carbocycles. The lowest BCUT2D eigenvalue weighted by Crippen LogP contribution is -2.17. The predicted octanol–water partition coefficient (Wildman–Crippen LogP) is 2.52. The number of rotatable bonds is 3. The molecule has 1 aromatic heterocycles. The molecule has 0 bridgehead atoms. The zero-order valence-electron chi connectivity index (χ0n) is 9.10. The molecule has 84 valence electrons. The summed E-state index contributed by atoms with van der Waals surface area (Å²) in [6.45, 7) is 2.01. The molecule has 2 rings (SSSR count). The highest BCUT2D eigenvalue weighted by molar-refractivity contribution is 9.10. The minimum absolute atomic E-state index is 0.197.